The van der Waals surface area contributed by atoms with Gasteiger partial charge in [-0.05, 0) is 55.5 Å². The molecule has 0 aliphatic heterocycles. The highest BCUT2D eigenvalue weighted by Crippen LogP contribution is 2.47. The van der Waals surface area contributed by atoms with Gasteiger partial charge in [0.25, 0.3) is 0 Å². The van der Waals surface area contributed by atoms with E-state index in [1.807, 2.05) is 11.3 Å². The van der Waals surface area contributed by atoms with Crippen molar-refractivity contribution in [3.05, 3.63) is 52.4 Å². The van der Waals surface area contributed by atoms with Crippen molar-refractivity contribution >= 4 is 17.1 Å². The number of nitrogens with zero attached hydrogens (tertiary/aromatic N) is 1. The third-order valence-electron chi connectivity index (χ3n) is 4.81. The lowest BCUT2D eigenvalue weighted by Crippen LogP contribution is -2.21. The van der Waals surface area contributed by atoms with Gasteiger partial charge in [0.15, 0.2) is 0 Å². The van der Waals surface area contributed by atoms with Crippen molar-refractivity contribution in [3.63, 3.8) is 0 Å². The Hall–Kier alpha value is -1.58. The van der Waals surface area contributed by atoms with Crippen LogP contribution in [0.25, 0.3) is 16.2 Å². The summed E-state index contributed by atoms with van der Waals surface area (Å²) in [6, 6.07) is 8.53. The lowest BCUT2D eigenvalue weighted by Gasteiger charge is -2.30. The van der Waals surface area contributed by atoms with E-state index < -0.39 is 0 Å². The molecule has 1 aromatic heterocycles. The Kier molecular flexibility index (Phi) is 4.58. The molecular formula is C21H27NOS. The highest BCUT2D eigenvalue weighted by atomic mass is 32.1. The Labute approximate surface area is 149 Å². The van der Waals surface area contributed by atoms with Gasteiger partial charge in [-0.3, -0.25) is 0 Å². The van der Waals surface area contributed by atoms with Gasteiger partial charge < -0.3 is 10.0 Å². The predicted octanol–water partition coefficient (Wildman–Crippen LogP) is 5.52. The van der Waals surface area contributed by atoms with E-state index in [9.17, 15) is 5.11 Å². The molecule has 2 nitrogen and oxygen atoms in total. The van der Waals surface area contributed by atoms with Crippen LogP contribution in [0.15, 0.2) is 30.8 Å². The number of aliphatic hydroxyl groups is 1. The van der Waals surface area contributed by atoms with Gasteiger partial charge in [-0.1, -0.05) is 44.7 Å². The van der Waals surface area contributed by atoms with Crippen LogP contribution in [0.4, 0.5) is 0 Å². The van der Waals surface area contributed by atoms with Crippen molar-refractivity contribution < 1.29 is 5.11 Å². The van der Waals surface area contributed by atoms with Crippen molar-refractivity contribution in [2.24, 2.45) is 5.41 Å². The predicted molar refractivity (Wildman–Crippen MR) is 105 cm³/mol. The summed E-state index contributed by atoms with van der Waals surface area (Å²) < 4.78 is 0. The summed E-state index contributed by atoms with van der Waals surface area (Å²) in [6.07, 6.45) is 3.32. The van der Waals surface area contributed by atoms with Crippen LogP contribution in [-0.4, -0.2) is 24.1 Å². The Morgan fingerprint density at radius 2 is 2.00 bits per heavy atom. The quantitative estimate of drug-likeness (QED) is 0.740. The Bertz CT molecular complexity index is 770. The van der Waals surface area contributed by atoms with Gasteiger partial charge >= 0.3 is 0 Å². The van der Waals surface area contributed by atoms with Crippen LogP contribution in [-0.2, 0) is 19.4 Å². The number of hydrogen-bond acceptors (Lipinski definition) is 3. The van der Waals surface area contributed by atoms with Gasteiger partial charge in [0.05, 0.1) is 0 Å². The maximum atomic E-state index is 10.4. The van der Waals surface area contributed by atoms with E-state index in [1.165, 1.54) is 32.9 Å². The normalized spacial score (nSPS) is 16.2. The minimum absolute atomic E-state index is 0.208. The fourth-order valence-corrected chi connectivity index (χ4v) is 5.04. The molecule has 128 valence electrons. The number of rotatable bonds is 4. The molecule has 1 N–H and O–H groups in total. The lowest BCUT2D eigenvalue weighted by atomic mass is 9.75. The third kappa shape index (κ3) is 3.28. The van der Waals surface area contributed by atoms with Gasteiger partial charge in [0.1, 0.15) is 5.76 Å². The first-order valence-corrected chi connectivity index (χ1v) is 9.36. The number of aryl methyl sites for hydroxylation is 1. The van der Waals surface area contributed by atoms with Gasteiger partial charge in [0, 0.05) is 21.9 Å². The van der Waals surface area contributed by atoms with Crippen molar-refractivity contribution in [1.82, 2.24) is 4.90 Å². The SMILES string of the molecule is C=C(O)c1c(-c2ccccc2CN(C)C)sc2c1CC(C)(C)CC2. The molecule has 2 aromatic rings. The van der Waals surface area contributed by atoms with E-state index in [-0.39, 0.29) is 5.76 Å². The zero-order valence-corrected chi connectivity index (χ0v) is 16.0. The average Bonchev–Trinajstić information content (AvgIpc) is 2.84. The molecule has 0 fully saturated rings. The molecule has 0 radical (unpaired) electrons. The first-order valence-electron chi connectivity index (χ1n) is 8.54. The minimum Gasteiger partial charge on any atom is -0.508 e. The molecule has 0 saturated heterocycles. The van der Waals surface area contributed by atoms with Crippen LogP contribution in [0.2, 0.25) is 0 Å². The molecule has 0 spiro atoms. The molecular weight excluding hydrogens is 314 g/mol. The zero-order valence-electron chi connectivity index (χ0n) is 15.1. The van der Waals surface area contributed by atoms with E-state index >= 15 is 0 Å². The largest absolute Gasteiger partial charge is 0.508 e. The molecule has 0 atom stereocenters. The molecule has 24 heavy (non-hydrogen) atoms. The highest BCUT2D eigenvalue weighted by molar-refractivity contribution is 7.16. The summed E-state index contributed by atoms with van der Waals surface area (Å²) in [4.78, 5) is 4.79. The second-order valence-corrected chi connectivity index (χ2v) is 9.00. The molecule has 3 rings (SSSR count). The monoisotopic (exact) mass is 341 g/mol. The minimum atomic E-state index is 0.208. The lowest BCUT2D eigenvalue weighted by molar-refractivity contribution is 0.317. The smallest absolute Gasteiger partial charge is 0.117 e. The first kappa shape index (κ1) is 17.2. The van der Waals surface area contributed by atoms with Crippen molar-refractivity contribution in [2.75, 3.05) is 14.1 Å². The van der Waals surface area contributed by atoms with E-state index in [0.717, 1.165) is 24.9 Å². The first-order chi connectivity index (χ1) is 11.3. The molecule has 0 amide bonds. The summed E-state index contributed by atoms with van der Waals surface area (Å²) in [5.41, 5.74) is 5.11. The maximum Gasteiger partial charge on any atom is 0.117 e. The fourth-order valence-electron chi connectivity index (χ4n) is 3.64. The molecule has 1 aliphatic rings. The molecule has 0 bridgehead atoms. The summed E-state index contributed by atoms with van der Waals surface area (Å²) in [7, 11) is 4.18. The summed E-state index contributed by atoms with van der Waals surface area (Å²) in [5, 5.41) is 10.4. The van der Waals surface area contributed by atoms with Crippen LogP contribution >= 0.6 is 11.3 Å². The number of fused-ring (bicyclic) bond motifs is 1. The highest BCUT2D eigenvalue weighted by Gasteiger charge is 2.31. The van der Waals surface area contributed by atoms with Crippen LogP contribution in [0.1, 0.15) is 41.8 Å². The van der Waals surface area contributed by atoms with Crippen molar-refractivity contribution in [3.8, 4) is 10.4 Å². The fraction of sp³-hybridized carbons (Fsp3) is 0.429. The molecule has 1 aromatic carbocycles. The topological polar surface area (TPSA) is 23.5 Å². The van der Waals surface area contributed by atoms with E-state index in [1.54, 1.807) is 0 Å². The molecule has 0 unspecified atom stereocenters. The van der Waals surface area contributed by atoms with Crippen LogP contribution in [0, 0.1) is 5.41 Å². The van der Waals surface area contributed by atoms with Crippen molar-refractivity contribution in [1.29, 1.82) is 0 Å². The van der Waals surface area contributed by atoms with Gasteiger partial charge in [-0.15, -0.1) is 11.3 Å². The second-order valence-electron chi connectivity index (χ2n) is 7.89. The van der Waals surface area contributed by atoms with E-state index in [0.29, 0.717) is 5.41 Å². The number of benzene rings is 1. The van der Waals surface area contributed by atoms with Gasteiger partial charge in [-0.2, -0.15) is 0 Å². The number of hydrogen-bond donors (Lipinski definition) is 1. The Morgan fingerprint density at radius 3 is 2.67 bits per heavy atom. The summed E-state index contributed by atoms with van der Waals surface area (Å²) in [6.45, 7) is 9.41. The average molecular weight is 342 g/mol. The van der Waals surface area contributed by atoms with E-state index in [4.69, 9.17) is 0 Å². The Balaban J connectivity index is 2.17. The van der Waals surface area contributed by atoms with Gasteiger partial charge in [0.2, 0.25) is 0 Å². The molecule has 3 heteroatoms. The number of thiophene rings is 1. The molecule has 0 saturated carbocycles. The second kappa shape index (κ2) is 6.38. The van der Waals surface area contributed by atoms with Gasteiger partial charge in [-0.25, -0.2) is 0 Å². The summed E-state index contributed by atoms with van der Waals surface area (Å²) >= 11 is 1.85. The van der Waals surface area contributed by atoms with Crippen LogP contribution in [0.3, 0.4) is 0 Å². The molecule has 1 heterocycles. The summed E-state index contributed by atoms with van der Waals surface area (Å²) in [5.74, 6) is 0.208. The van der Waals surface area contributed by atoms with E-state index in [2.05, 4.69) is 63.7 Å². The standard InChI is InChI=1S/C21H27NOS/c1-14(23)19-17-12-21(2,3)11-10-18(17)24-20(19)16-9-7-6-8-15(16)13-22(4)5/h6-9,23H,1,10-13H2,2-5H3. The number of aliphatic hydroxyl groups excluding tert-OH is 1. The molecule has 1 aliphatic carbocycles. The third-order valence-corrected chi connectivity index (χ3v) is 6.14. The van der Waals surface area contributed by atoms with Crippen LogP contribution < -0.4 is 0 Å². The Morgan fingerprint density at radius 1 is 1.29 bits per heavy atom. The van der Waals surface area contributed by atoms with Crippen molar-refractivity contribution in [2.45, 2.75) is 39.7 Å². The van der Waals surface area contributed by atoms with Crippen LogP contribution in [0.5, 0.6) is 0 Å². The maximum absolute atomic E-state index is 10.4. The zero-order chi connectivity index (χ0) is 17.5.